The molecule has 1 heterocycles. The Labute approximate surface area is 135 Å². The van der Waals surface area contributed by atoms with E-state index in [0.717, 1.165) is 16.5 Å². The molecule has 1 aromatic heterocycles. The van der Waals surface area contributed by atoms with E-state index in [0.29, 0.717) is 24.6 Å². The van der Waals surface area contributed by atoms with Gasteiger partial charge in [0.2, 0.25) is 0 Å². The van der Waals surface area contributed by atoms with Gasteiger partial charge in [0.05, 0.1) is 19.2 Å². The maximum absolute atomic E-state index is 12.5. The first-order chi connectivity index (χ1) is 11.3. The highest BCUT2D eigenvalue weighted by Crippen LogP contribution is 2.34. The number of aromatic nitrogens is 1. The van der Waals surface area contributed by atoms with Gasteiger partial charge in [-0.3, -0.25) is 0 Å². The molecule has 0 atom stereocenters. The Balaban J connectivity index is 2.20. The second kappa shape index (κ2) is 6.57. The third-order valence-corrected chi connectivity index (χ3v) is 3.78. The van der Waals surface area contributed by atoms with Crippen molar-refractivity contribution < 1.29 is 14.3 Å². The van der Waals surface area contributed by atoms with Crippen molar-refractivity contribution in [2.75, 3.05) is 13.7 Å². The summed E-state index contributed by atoms with van der Waals surface area (Å²) in [7, 11) is 1.58. The maximum Gasteiger partial charge on any atom is 0.358 e. The van der Waals surface area contributed by atoms with Crippen molar-refractivity contribution in [2.24, 2.45) is 0 Å². The van der Waals surface area contributed by atoms with E-state index in [9.17, 15) is 4.79 Å². The minimum atomic E-state index is -0.364. The third kappa shape index (κ3) is 2.80. The smallest absolute Gasteiger partial charge is 0.358 e. The van der Waals surface area contributed by atoms with Gasteiger partial charge in [-0.1, -0.05) is 42.5 Å². The molecule has 3 aromatic rings. The zero-order valence-corrected chi connectivity index (χ0v) is 13.3. The van der Waals surface area contributed by atoms with E-state index in [4.69, 9.17) is 9.47 Å². The summed E-state index contributed by atoms with van der Waals surface area (Å²) in [6, 6.07) is 17.9. The molecule has 4 nitrogen and oxygen atoms in total. The normalized spacial score (nSPS) is 10.7. The third-order valence-electron chi connectivity index (χ3n) is 3.78. The van der Waals surface area contributed by atoms with Crippen molar-refractivity contribution in [3.8, 4) is 5.75 Å². The molecule has 0 saturated heterocycles. The molecule has 0 fully saturated rings. The van der Waals surface area contributed by atoms with Gasteiger partial charge in [-0.25, -0.2) is 4.79 Å². The molecule has 2 aromatic carbocycles. The van der Waals surface area contributed by atoms with Crippen LogP contribution < -0.4 is 4.74 Å². The molecule has 0 N–H and O–H groups in total. The summed E-state index contributed by atoms with van der Waals surface area (Å²) in [5.74, 6) is 0.200. The van der Waals surface area contributed by atoms with Gasteiger partial charge in [0, 0.05) is 11.9 Å². The van der Waals surface area contributed by atoms with E-state index in [1.807, 2.05) is 59.2 Å². The second-order valence-electron chi connectivity index (χ2n) is 5.19. The number of nitrogens with zero attached hydrogens (tertiary/aromatic N) is 1. The Hall–Kier alpha value is -2.75. The lowest BCUT2D eigenvalue weighted by Gasteiger charge is -2.11. The summed E-state index contributed by atoms with van der Waals surface area (Å²) in [5.41, 5.74) is 2.53. The molecule has 0 spiro atoms. The predicted molar refractivity (Wildman–Crippen MR) is 90.0 cm³/mol. The molecule has 4 heteroatoms. The lowest BCUT2D eigenvalue weighted by atomic mass is 10.2. The van der Waals surface area contributed by atoms with E-state index in [2.05, 4.69) is 0 Å². The standard InChI is InChI=1S/C19H19NO3/c1-3-23-19(21)17-18(22-2)15-11-7-8-12-16(15)20(17)13-14-9-5-4-6-10-14/h4-12H,3,13H2,1-2H3. The summed E-state index contributed by atoms with van der Waals surface area (Å²) >= 11 is 0. The van der Waals surface area contributed by atoms with Gasteiger partial charge in [0.25, 0.3) is 0 Å². The van der Waals surface area contributed by atoms with Gasteiger partial charge in [-0.15, -0.1) is 0 Å². The number of carbonyl (C=O) groups is 1. The van der Waals surface area contributed by atoms with Gasteiger partial charge in [-0.2, -0.15) is 0 Å². The molecule has 0 aliphatic carbocycles. The van der Waals surface area contributed by atoms with Crippen LogP contribution in [0, 0.1) is 0 Å². The van der Waals surface area contributed by atoms with Crippen molar-refractivity contribution >= 4 is 16.9 Å². The number of esters is 1. The summed E-state index contributed by atoms with van der Waals surface area (Å²) in [4.78, 5) is 12.5. The molecule has 3 rings (SSSR count). The van der Waals surface area contributed by atoms with Crippen LogP contribution in [-0.4, -0.2) is 24.3 Å². The number of hydrogen-bond acceptors (Lipinski definition) is 3. The summed E-state index contributed by atoms with van der Waals surface area (Å²) in [6.45, 7) is 2.71. The zero-order chi connectivity index (χ0) is 16.2. The fourth-order valence-corrected chi connectivity index (χ4v) is 2.81. The number of ether oxygens (including phenoxy) is 2. The van der Waals surface area contributed by atoms with Crippen molar-refractivity contribution in [3.05, 3.63) is 65.9 Å². The zero-order valence-electron chi connectivity index (χ0n) is 13.3. The fraction of sp³-hybridized carbons (Fsp3) is 0.211. The van der Waals surface area contributed by atoms with E-state index >= 15 is 0 Å². The van der Waals surface area contributed by atoms with Gasteiger partial charge in [-0.05, 0) is 24.6 Å². The average molecular weight is 309 g/mol. The maximum atomic E-state index is 12.5. The predicted octanol–water partition coefficient (Wildman–Crippen LogP) is 3.87. The summed E-state index contributed by atoms with van der Waals surface area (Å²) in [6.07, 6.45) is 0. The summed E-state index contributed by atoms with van der Waals surface area (Å²) < 4.78 is 12.7. The first-order valence-electron chi connectivity index (χ1n) is 7.62. The molecule has 0 aliphatic heterocycles. The van der Waals surface area contributed by atoms with Gasteiger partial charge in [0.15, 0.2) is 11.4 Å². The van der Waals surface area contributed by atoms with Crippen LogP contribution in [0.15, 0.2) is 54.6 Å². The Bertz CT molecular complexity index is 821. The van der Waals surface area contributed by atoms with Gasteiger partial charge >= 0.3 is 5.97 Å². The first-order valence-corrected chi connectivity index (χ1v) is 7.62. The topological polar surface area (TPSA) is 40.5 Å². The minimum absolute atomic E-state index is 0.328. The molecule has 0 aliphatic rings. The van der Waals surface area contributed by atoms with Crippen LogP contribution in [0.1, 0.15) is 23.0 Å². The van der Waals surface area contributed by atoms with Crippen molar-refractivity contribution in [1.82, 2.24) is 4.57 Å². The Morgan fingerprint density at radius 2 is 1.74 bits per heavy atom. The number of carbonyl (C=O) groups excluding carboxylic acids is 1. The van der Waals surface area contributed by atoms with E-state index in [1.165, 1.54) is 0 Å². The molecule has 0 amide bonds. The highest BCUT2D eigenvalue weighted by molar-refractivity contribution is 6.01. The molecular weight excluding hydrogens is 290 g/mol. The monoisotopic (exact) mass is 309 g/mol. The van der Waals surface area contributed by atoms with Gasteiger partial charge in [0.1, 0.15) is 0 Å². The molecule has 0 radical (unpaired) electrons. The Morgan fingerprint density at radius 1 is 1.04 bits per heavy atom. The van der Waals surface area contributed by atoms with Crippen LogP contribution in [-0.2, 0) is 11.3 Å². The number of methoxy groups -OCH3 is 1. The van der Waals surface area contributed by atoms with E-state index < -0.39 is 0 Å². The van der Waals surface area contributed by atoms with Crippen molar-refractivity contribution in [2.45, 2.75) is 13.5 Å². The molecular formula is C19H19NO3. The molecule has 0 saturated carbocycles. The minimum Gasteiger partial charge on any atom is -0.494 e. The van der Waals surface area contributed by atoms with E-state index in [-0.39, 0.29) is 5.97 Å². The average Bonchev–Trinajstić information content (AvgIpc) is 2.90. The number of para-hydroxylation sites is 1. The van der Waals surface area contributed by atoms with E-state index in [1.54, 1.807) is 14.0 Å². The molecule has 23 heavy (non-hydrogen) atoms. The Kier molecular flexibility index (Phi) is 4.33. The highest BCUT2D eigenvalue weighted by atomic mass is 16.5. The number of fused-ring (bicyclic) bond motifs is 1. The van der Waals surface area contributed by atoms with Crippen LogP contribution >= 0.6 is 0 Å². The fourth-order valence-electron chi connectivity index (χ4n) is 2.81. The largest absolute Gasteiger partial charge is 0.494 e. The van der Waals surface area contributed by atoms with Crippen molar-refractivity contribution in [1.29, 1.82) is 0 Å². The quantitative estimate of drug-likeness (QED) is 0.672. The first kappa shape index (κ1) is 15.2. The lowest BCUT2D eigenvalue weighted by Crippen LogP contribution is -2.14. The van der Waals surface area contributed by atoms with Crippen LogP contribution in [0.25, 0.3) is 10.9 Å². The Morgan fingerprint density at radius 3 is 2.43 bits per heavy atom. The number of hydrogen-bond donors (Lipinski definition) is 0. The second-order valence-corrected chi connectivity index (χ2v) is 5.19. The van der Waals surface area contributed by atoms with Crippen LogP contribution in [0.5, 0.6) is 5.75 Å². The lowest BCUT2D eigenvalue weighted by molar-refractivity contribution is 0.0511. The van der Waals surface area contributed by atoms with Crippen LogP contribution in [0.2, 0.25) is 0 Å². The van der Waals surface area contributed by atoms with Crippen LogP contribution in [0.3, 0.4) is 0 Å². The molecule has 118 valence electrons. The SMILES string of the molecule is CCOC(=O)c1c(OC)c2ccccc2n1Cc1ccccc1. The molecule has 0 bridgehead atoms. The molecule has 0 unspecified atom stereocenters. The summed E-state index contributed by atoms with van der Waals surface area (Å²) in [5, 5.41) is 0.911. The number of benzene rings is 2. The highest BCUT2D eigenvalue weighted by Gasteiger charge is 2.24. The van der Waals surface area contributed by atoms with Crippen LogP contribution in [0.4, 0.5) is 0 Å². The van der Waals surface area contributed by atoms with Crippen molar-refractivity contribution in [3.63, 3.8) is 0 Å². The van der Waals surface area contributed by atoms with Gasteiger partial charge < -0.3 is 14.0 Å². The number of rotatable bonds is 5.